The summed E-state index contributed by atoms with van der Waals surface area (Å²) in [5.74, 6) is 0.769. The summed E-state index contributed by atoms with van der Waals surface area (Å²) in [6, 6.07) is 17.6. The average molecular weight is 367 g/mol. The van der Waals surface area contributed by atoms with E-state index in [2.05, 4.69) is 10.5 Å². The Morgan fingerprint density at radius 1 is 1.22 bits per heavy atom. The zero-order valence-corrected chi connectivity index (χ0v) is 15.7. The molecule has 0 aliphatic carbocycles. The molecule has 1 N–H and O–H groups in total. The van der Waals surface area contributed by atoms with E-state index in [0.29, 0.717) is 26.1 Å². The second kappa shape index (κ2) is 9.07. The molecule has 0 fully saturated rings. The molecule has 0 bridgehead atoms. The molecule has 2 aromatic carbocycles. The quantitative estimate of drug-likeness (QED) is 0.816. The predicted molar refractivity (Wildman–Crippen MR) is 105 cm³/mol. The summed E-state index contributed by atoms with van der Waals surface area (Å²) < 4.78 is 5.41. The molecule has 3 rings (SSSR count). The van der Waals surface area contributed by atoms with Crippen molar-refractivity contribution in [3.05, 3.63) is 65.7 Å². The van der Waals surface area contributed by atoms with Crippen molar-refractivity contribution in [1.29, 1.82) is 0 Å². The van der Waals surface area contributed by atoms with E-state index in [4.69, 9.17) is 9.57 Å². The summed E-state index contributed by atoms with van der Waals surface area (Å²) in [4.78, 5) is 19.9. The molecule has 0 spiro atoms. The van der Waals surface area contributed by atoms with Gasteiger partial charge in [-0.25, -0.2) is 4.79 Å². The van der Waals surface area contributed by atoms with Gasteiger partial charge in [-0.15, -0.1) is 0 Å². The maximum Gasteiger partial charge on any atom is 0.317 e. The van der Waals surface area contributed by atoms with Gasteiger partial charge in [0.15, 0.2) is 6.10 Å². The first-order valence-electron chi connectivity index (χ1n) is 9.14. The fraction of sp³-hybridized carbons (Fsp3) is 0.333. The van der Waals surface area contributed by atoms with Crippen LogP contribution in [0.5, 0.6) is 5.75 Å². The maximum atomic E-state index is 12.5. The summed E-state index contributed by atoms with van der Waals surface area (Å²) in [5.41, 5.74) is 2.84. The van der Waals surface area contributed by atoms with Crippen molar-refractivity contribution in [2.75, 3.05) is 20.2 Å². The predicted octanol–water partition coefficient (Wildman–Crippen LogP) is 3.42. The molecule has 1 aliphatic heterocycles. The van der Waals surface area contributed by atoms with Crippen LogP contribution in [0.25, 0.3) is 0 Å². The number of benzene rings is 2. The number of para-hydroxylation sites is 1. The number of nitrogens with one attached hydrogen (secondary N) is 1. The van der Waals surface area contributed by atoms with Gasteiger partial charge in [0.05, 0.1) is 19.4 Å². The van der Waals surface area contributed by atoms with Gasteiger partial charge in [-0.3, -0.25) is 0 Å². The third kappa shape index (κ3) is 4.78. The first-order valence-corrected chi connectivity index (χ1v) is 9.14. The molecule has 1 atom stereocenters. The lowest BCUT2D eigenvalue weighted by atomic mass is 10.0. The molecular formula is C21H25N3O3. The molecule has 2 aromatic rings. The van der Waals surface area contributed by atoms with Gasteiger partial charge >= 0.3 is 6.03 Å². The number of oxime groups is 1. The van der Waals surface area contributed by atoms with Gasteiger partial charge in [0.2, 0.25) is 0 Å². The van der Waals surface area contributed by atoms with E-state index in [1.54, 1.807) is 12.0 Å². The van der Waals surface area contributed by atoms with Crippen molar-refractivity contribution in [2.24, 2.45) is 5.16 Å². The van der Waals surface area contributed by atoms with Crippen LogP contribution in [-0.4, -0.2) is 42.9 Å². The molecule has 2 amide bonds. The van der Waals surface area contributed by atoms with E-state index in [1.807, 2.05) is 61.5 Å². The third-order valence-corrected chi connectivity index (χ3v) is 4.41. The van der Waals surface area contributed by atoms with Crippen molar-refractivity contribution >= 4 is 11.7 Å². The van der Waals surface area contributed by atoms with E-state index in [9.17, 15) is 4.79 Å². The van der Waals surface area contributed by atoms with Gasteiger partial charge in [0.25, 0.3) is 0 Å². The Kier molecular flexibility index (Phi) is 6.30. The lowest BCUT2D eigenvalue weighted by molar-refractivity contribution is 0.0590. The van der Waals surface area contributed by atoms with E-state index < -0.39 is 0 Å². The highest BCUT2D eigenvalue weighted by atomic mass is 16.6. The van der Waals surface area contributed by atoms with Crippen molar-refractivity contribution in [1.82, 2.24) is 10.2 Å². The monoisotopic (exact) mass is 367 g/mol. The summed E-state index contributed by atoms with van der Waals surface area (Å²) in [5, 5.41) is 7.11. The van der Waals surface area contributed by atoms with Gasteiger partial charge < -0.3 is 19.8 Å². The van der Waals surface area contributed by atoms with E-state index in [-0.39, 0.29) is 12.1 Å². The van der Waals surface area contributed by atoms with Gasteiger partial charge in [0.1, 0.15) is 5.75 Å². The van der Waals surface area contributed by atoms with E-state index >= 15 is 0 Å². The molecule has 142 valence electrons. The number of amides is 2. The maximum absolute atomic E-state index is 12.5. The Labute approximate surface area is 159 Å². The van der Waals surface area contributed by atoms with Crippen LogP contribution in [0.1, 0.15) is 24.5 Å². The highest BCUT2D eigenvalue weighted by molar-refractivity contribution is 6.03. The number of nitrogens with zero attached hydrogens (tertiary/aromatic N) is 2. The molecule has 6 heteroatoms. The first-order chi connectivity index (χ1) is 13.2. The number of hydrogen-bond acceptors (Lipinski definition) is 4. The van der Waals surface area contributed by atoms with Crippen LogP contribution in [0.2, 0.25) is 0 Å². The first kappa shape index (κ1) is 18.8. The molecule has 0 aromatic heterocycles. The number of urea groups is 1. The number of hydrogen-bond donors (Lipinski definition) is 1. The largest absolute Gasteiger partial charge is 0.496 e. The summed E-state index contributed by atoms with van der Waals surface area (Å²) in [6.07, 6.45) is 0.446. The zero-order chi connectivity index (χ0) is 19.1. The van der Waals surface area contributed by atoms with Crippen molar-refractivity contribution in [3.8, 4) is 5.75 Å². The van der Waals surface area contributed by atoms with Crippen LogP contribution in [0.3, 0.4) is 0 Å². The number of ether oxygens (including phenoxy) is 1. The summed E-state index contributed by atoms with van der Waals surface area (Å²) >= 11 is 0. The van der Waals surface area contributed by atoms with Gasteiger partial charge in [-0.2, -0.15) is 0 Å². The molecule has 27 heavy (non-hydrogen) atoms. The molecule has 0 saturated heterocycles. The molecular weight excluding hydrogens is 342 g/mol. The minimum absolute atomic E-state index is 0.101. The molecule has 1 heterocycles. The zero-order valence-electron chi connectivity index (χ0n) is 15.7. The molecule has 6 nitrogen and oxygen atoms in total. The lowest BCUT2D eigenvalue weighted by Crippen LogP contribution is -2.43. The van der Waals surface area contributed by atoms with Gasteiger partial charge in [0, 0.05) is 25.1 Å². The third-order valence-electron chi connectivity index (χ3n) is 4.41. The van der Waals surface area contributed by atoms with Crippen LogP contribution in [-0.2, 0) is 11.4 Å². The molecule has 0 radical (unpaired) electrons. The smallest absolute Gasteiger partial charge is 0.317 e. The topological polar surface area (TPSA) is 63.2 Å². The van der Waals surface area contributed by atoms with Gasteiger partial charge in [-0.05, 0) is 24.6 Å². The molecule has 0 saturated carbocycles. The fourth-order valence-electron chi connectivity index (χ4n) is 3.10. The van der Waals surface area contributed by atoms with Crippen LogP contribution in [0.4, 0.5) is 4.79 Å². The highest BCUT2D eigenvalue weighted by Crippen LogP contribution is 2.25. The molecule has 1 aliphatic rings. The second-order valence-corrected chi connectivity index (χ2v) is 6.37. The Bertz CT molecular complexity index is 792. The van der Waals surface area contributed by atoms with Crippen LogP contribution < -0.4 is 10.1 Å². The Morgan fingerprint density at radius 3 is 2.70 bits per heavy atom. The Morgan fingerprint density at radius 2 is 1.96 bits per heavy atom. The fourth-order valence-corrected chi connectivity index (χ4v) is 3.10. The summed E-state index contributed by atoms with van der Waals surface area (Å²) in [7, 11) is 1.64. The minimum atomic E-state index is -0.184. The van der Waals surface area contributed by atoms with Crippen molar-refractivity contribution in [2.45, 2.75) is 26.0 Å². The number of carbonyl (C=O) groups excluding carboxylic acids is 1. The van der Waals surface area contributed by atoms with Crippen molar-refractivity contribution in [3.63, 3.8) is 0 Å². The Balaban J connectivity index is 1.67. The second-order valence-electron chi connectivity index (χ2n) is 6.37. The number of rotatable bonds is 7. The number of methoxy groups -OCH3 is 1. The van der Waals surface area contributed by atoms with E-state index in [0.717, 1.165) is 22.6 Å². The standard InChI is InChI=1S/C21H25N3O3/c1-3-22-21(25)24(14-16-9-5-4-6-10-16)15-17-13-19(23-27-17)18-11-7-8-12-20(18)26-2/h4-12,17H,3,13-15H2,1-2H3,(H,22,25)/t17-/m0/s1. The highest BCUT2D eigenvalue weighted by Gasteiger charge is 2.28. The minimum Gasteiger partial charge on any atom is -0.496 e. The Hall–Kier alpha value is -3.02. The van der Waals surface area contributed by atoms with Crippen LogP contribution >= 0.6 is 0 Å². The number of carbonyl (C=O) groups is 1. The normalized spacial score (nSPS) is 15.6. The average Bonchev–Trinajstić information content (AvgIpc) is 3.17. The van der Waals surface area contributed by atoms with Crippen molar-refractivity contribution < 1.29 is 14.4 Å². The van der Waals surface area contributed by atoms with E-state index in [1.165, 1.54) is 0 Å². The van der Waals surface area contributed by atoms with Crippen LogP contribution in [0, 0.1) is 0 Å². The van der Waals surface area contributed by atoms with Gasteiger partial charge in [-0.1, -0.05) is 47.6 Å². The molecule has 0 unspecified atom stereocenters. The van der Waals surface area contributed by atoms with Crippen LogP contribution in [0.15, 0.2) is 59.8 Å². The lowest BCUT2D eigenvalue weighted by Gasteiger charge is -2.25. The summed E-state index contributed by atoms with van der Waals surface area (Å²) in [6.45, 7) is 3.48. The SMILES string of the molecule is CCNC(=O)N(Cc1ccccc1)C[C@@H]1CC(c2ccccc2OC)=NO1.